The summed E-state index contributed by atoms with van der Waals surface area (Å²) in [5.41, 5.74) is 2.57. The van der Waals surface area contributed by atoms with Gasteiger partial charge in [-0.2, -0.15) is 0 Å². The van der Waals surface area contributed by atoms with Gasteiger partial charge in [-0.05, 0) is 56.0 Å². The Balaban J connectivity index is 2.13. The third kappa shape index (κ3) is 5.70. The largest absolute Gasteiger partial charge is 0.333 e. The number of aromatic nitrogens is 2. The molecule has 1 atom stereocenters. The van der Waals surface area contributed by atoms with Gasteiger partial charge in [-0.3, -0.25) is 14.2 Å². The summed E-state index contributed by atoms with van der Waals surface area (Å²) in [6.45, 7) is 9.05. The molecule has 0 radical (unpaired) electrons. The monoisotopic (exact) mass is 447 g/mol. The van der Waals surface area contributed by atoms with Crippen molar-refractivity contribution < 1.29 is 4.79 Å². The summed E-state index contributed by atoms with van der Waals surface area (Å²) in [6, 6.07) is 15.2. The van der Waals surface area contributed by atoms with E-state index in [1.165, 1.54) is 5.56 Å². The van der Waals surface area contributed by atoms with Crippen LogP contribution in [0.4, 0.5) is 0 Å². The summed E-state index contributed by atoms with van der Waals surface area (Å²) >= 11 is 0. The quantitative estimate of drug-likeness (QED) is 0.328. The van der Waals surface area contributed by atoms with Gasteiger partial charge in [-0.25, -0.2) is 4.98 Å². The number of hydrogen-bond acceptors (Lipinski definition) is 3. The third-order valence-corrected chi connectivity index (χ3v) is 6.31. The maximum Gasteiger partial charge on any atom is 0.266 e. The summed E-state index contributed by atoms with van der Waals surface area (Å²) in [4.78, 5) is 33.7. The lowest BCUT2D eigenvalue weighted by atomic mass is 10.1. The average Bonchev–Trinajstić information content (AvgIpc) is 2.84. The van der Waals surface area contributed by atoms with Gasteiger partial charge in [0.05, 0.1) is 22.6 Å². The molecule has 1 aromatic heterocycles. The first kappa shape index (κ1) is 24.7. The highest BCUT2D eigenvalue weighted by Crippen LogP contribution is 2.24. The molecule has 1 amide bonds. The van der Waals surface area contributed by atoms with Crippen molar-refractivity contribution >= 4 is 16.8 Å². The predicted octanol–water partition coefficient (Wildman–Crippen LogP) is 6.22. The zero-order valence-corrected chi connectivity index (χ0v) is 20.5. The van der Waals surface area contributed by atoms with E-state index in [-0.39, 0.29) is 17.5 Å². The first-order valence-corrected chi connectivity index (χ1v) is 12.4. The number of fused-ring (bicyclic) bond motifs is 1. The van der Waals surface area contributed by atoms with E-state index in [1.807, 2.05) is 48.2 Å². The molecular weight excluding hydrogens is 410 g/mol. The Bertz CT molecular complexity index is 1120. The van der Waals surface area contributed by atoms with Crippen LogP contribution in [0.15, 0.2) is 53.3 Å². The van der Waals surface area contributed by atoms with Crippen molar-refractivity contribution in [3.8, 4) is 5.69 Å². The van der Waals surface area contributed by atoms with Crippen LogP contribution in [0.3, 0.4) is 0 Å². The van der Waals surface area contributed by atoms with Crippen LogP contribution >= 0.6 is 0 Å². The Hall–Kier alpha value is -2.95. The van der Waals surface area contributed by atoms with Crippen molar-refractivity contribution in [3.63, 3.8) is 0 Å². The number of hydrogen-bond donors (Lipinski definition) is 0. The molecule has 1 unspecified atom stereocenters. The maximum absolute atomic E-state index is 13.6. The van der Waals surface area contributed by atoms with E-state index in [0.29, 0.717) is 29.7 Å². The molecule has 1 heterocycles. The van der Waals surface area contributed by atoms with Gasteiger partial charge in [-0.15, -0.1) is 0 Å². The molecule has 5 heteroatoms. The van der Waals surface area contributed by atoms with E-state index in [1.54, 1.807) is 4.57 Å². The molecule has 0 N–H and O–H groups in total. The number of carbonyl (C=O) groups excluding carboxylic acids is 1. The van der Waals surface area contributed by atoms with Crippen molar-refractivity contribution in [1.82, 2.24) is 14.5 Å². The molecule has 3 rings (SSSR count). The van der Waals surface area contributed by atoms with Crippen LogP contribution < -0.4 is 5.56 Å². The van der Waals surface area contributed by atoms with E-state index in [9.17, 15) is 9.59 Å². The lowest BCUT2D eigenvalue weighted by molar-refractivity contribution is -0.133. The highest BCUT2D eigenvalue weighted by Gasteiger charge is 2.26. The third-order valence-electron chi connectivity index (χ3n) is 6.31. The number of rotatable bonds is 11. The molecule has 0 spiro atoms. The fourth-order valence-electron chi connectivity index (χ4n) is 4.23. The van der Waals surface area contributed by atoms with Crippen LogP contribution in [-0.4, -0.2) is 26.9 Å². The Morgan fingerprint density at radius 2 is 1.67 bits per heavy atom. The minimum absolute atomic E-state index is 0.0967. The number of nitrogens with zero attached hydrogens (tertiary/aromatic N) is 3. The zero-order valence-electron chi connectivity index (χ0n) is 20.5. The molecule has 176 valence electrons. The van der Waals surface area contributed by atoms with Crippen LogP contribution in [0.5, 0.6) is 0 Å². The molecule has 3 aromatic rings. The summed E-state index contributed by atoms with van der Waals surface area (Å²) in [5.74, 6) is 0.752. The summed E-state index contributed by atoms with van der Waals surface area (Å²) in [6.07, 6.45) is 6.41. The second-order valence-corrected chi connectivity index (χ2v) is 8.72. The molecular formula is C28H37N3O2. The lowest BCUT2D eigenvalue weighted by Crippen LogP contribution is -2.38. The smallest absolute Gasteiger partial charge is 0.266 e. The zero-order chi connectivity index (χ0) is 23.8. The highest BCUT2D eigenvalue weighted by atomic mass is 16.2. The predicted molar refractivity (Wildman–Crippen MR) is 136 cm³/mol. The van der Waals surface area contributed by atoms with Crippen molar-refractivity contribution in [2.24, 2.45) is 0 Å². The number of unbranched alkanes of at least 4 members (excludes halogenated alkanes) is 3. The molecule has 2 aromatic carbocycles. The lowest BCUT2D eigenvalue weighted by Gasteiger charge is -2.31. The fourth-order valence-corrected chi connectivity index (χ4v) is 4.23. The van der Waals surface area contributed by atoms with Gasteiger partial charge in [0.15, 0.2) is 0 Å². The van der Waals surface area contributed by atoms with Gasteiger partial charge in [0.2, 0.25) is 5.91 Å². The second kappa shape index (κ2) is 11.8. The second-order valence-electron chi connectivity index (χ2n) is 8.72. The average molecular weight is 448 g/mol. The van der Waals surface area contributed by atoms with Crippen LogP contribution in [0.2, 0.25) is 0 Å². The Morgan fingerprint density at radius 1 is 0.970 bits per heavy atom. The normalized spacial score (nSPS) is 12.1. The van der Waals surface area contributed by atoms with Crippen molar-refractivity contribution in [2.75, 3.05) is 6.54 Å². The number of carbonyl (C=O) groups is 1. The Labute approximate surface area is 197 Å². The Kier molecular flexibility index (Phi) is 8.81. The highest BCUT2D eigenvalue weighted by molar-refractivity contribution is 5.79. The van der Waals surface area contributed by atoms with Gasteiger partial charge in [0, 0.05) is 13.0 Å². The first-order chi connectivity index (χ1) is 16.0. The fraction of sp³-hybridized carbons (Fsp3) is 0.464. The van der Waals surface area contributed by atoms with Crippen LogP contribution in [0, 0.1) is 0 Å². The SMILES string of the molecule is CCCCCC(=O)N(CCCC)C(C)c1nc2ccccc2c(=O)n1-c1ccc(CC)cc1. The van der Waals surface area contributed by atoms with E-state index >= 15 is 0 Å². The van der Waals surface area contributed by atoms with Gasteiger partial charge in [0.1, 0.15) is 5.82 Å². The summed E-state index contributed by atoms with van der Waals surface area (Å²) in [7, 11) is 0. The molecule has 0 aliphatic carbocycles. The maximum atomic E-state index is 13.6. The molecule has 0 fully saturated rings. The molecule has 33 heavy (non-hydrogen) atoms. The van der Waals surface area contributed by atoms with E-state index < -0.39 is 0 Å². The number of aryl methyl sites for hydroxylation is 1. The number of amides is 1. The molecule has 0 bridgehead atoms. The van der Waals surface area contributed by atoms with Crippen LogP contribution in [0.25, 0.3) is 16.6 Å². The summed E-state index contributed by atoms with van der Waals surface area (Å²) in [5, 5.41) is 0.586. The van der Waals surface area contributed by atoms with E-state index in [4.69, 9.17) is 4.98 Å². The molecule has 0 aliphatic rings. The van der Waals surface area contributed by atoms with E-state index in [2.05, 4.69) is 32.9 Å². The number of para-hydroxylation sites is 1. The molecule has 0 aliphatic heterocycles. The Morgan fingerprint density at radius 3 is 2.33 bits per heavy atom. The van der Waals surface area contributed by atoms with Crippen LogP contribution in [0.1, 0.15) is 83.6 Å². The van der Waals surface area contributed by atoms with Gasteiger partial charge in [0.25, 0.3) is 5.56 Å². The molecule has 0 saturated carbocycles. The van der Waals surface area contributed by atoms with Gasteiger partial charge < -0.3 is 4.90 Å². The molecule has 0 saturated heterocycles. The standard InChI is InChI=1S/C28H37N3O2/c1-5-8-10-15-26(32)30(20-9-6-2)21(4)27-29-25-14-12-11-13-24(25)28(33)31(27)23-18-16-22(7-3)17-19-23/h11-14,16-19,21H,5-10,15,20H2,1-4H3. The van der Waals surface area contributed by atoms with Crippen LogP contribution in [-0.2, 0) is 11.2 Å². The first-order valence-electron chi connectivity index (χ1n) is 12.4. The van der Waals surface area contributed by atoms with Crippen molar-refractivity contribution in [3.05, 3.63) is 70.3 Å². The number of benzene rings is 2. The summed E-state index contributed by atoms with van der Waals surface area (Å²) < 4.78 is 1.70. The van der Waals surface area contributed by atoms with Gasteiger partial charge in [-0.1, -0.05) is 64.3 Å². The minimum Gasteiger partial charge on any atom is -0.333 e. The van der Waals surface area contributed by atoms with Crippen molar-refractivity contribution in [2.45, 2.75) is 78.7 Å². The van der Waals surface area contributed by atoms with E-state index in [0.717, 1.165) is 44.2 Å². The topological polar surface area (TPSA) is 55.2 Å². The molecule has 5 nitrogen and oxygen atoms in total. The minimum atomic E-state index is -0.311. The van der Waals surface area contributed by atoms with Gasteiger partial charge >= 0.3 is 0 Å². The van der Waals surface area contributed by atoms with Crippen molar-refractivity contribution in [1.29, 1.82) is 0 Å².